The zero-order valence-corrected chi connectivity index (χ0v) is 13.7. The van der Waals surface area contributed by atoms with Gasteiger partial charge in [0.1, 0.15) is 6.61 Å². The van der Waals surface area contributed by atoms with E-state index in [-0.39, 0.29) is 11.2 Å². The van der Waals surface area contributed by atoms with Gasteiger partial charge in [-0.2, -0.15) is 11.8 Å². The topological polar surface area (TPSA) is 63.6 Å². The van der Waals surface area contributed by atoms with E-state index >= 15 is 0 Å². The minimum Gasteiger partial charge on any atom is -0.481 e. The highest BCUT2D eigenvalue weighted by Gasteiger charge is 2.37. The smallest absolute Gasteiger partial charge is 0.309 e. The third-order valence-corrected chi connectivity index (χ3v) is 6.74. The largest absolute Gasteiger partial charge is 0.481 e. The van der Waals surface area contributed by atoms with Crippen LogP contribution in [-0.4, -0.2) is 46.2 Å². The van der Waals surface area contributed by atoms with Gasteiger partial charge in [-0.15, -0.1) is 11.8 Å². The van der Waals surface area contributed by atoms with Crippen LogP contribution in [0.1, 0.15) is 25.7 Å². The molecule has 0 aromatic rings. The van der Waals surface area contributed by atoms with E-state index in [2.05, 4.69) is 6.58 Å². The predicted molar refractivity (Wildman–Crippen MR) is 86.8 cm³/mol. The molecule has 3 unspecified atom stereocenters. The number of ether oxygens (including phenoxy) is 1. The molecule has 1 saturated heterocycles. The molecule has 0 amide bonds. The van der Waals surface area contributed by atoms with Crippen molar-refractivity contribution in [2.75, 3.05) is 23.9 Å². The molecule has 1 N–H and O–H groups in total. The van der Waals surface area contributed by atoms with Gasteiger partial charge in [0.2, 0.25) is 0 Å². The van der Waals surface area contributed by atoms with Crippen LogP contribution in [0.3, 0.4) is 0 Å². The number of carbonyl (C=O) groups excluding carboxylic acids is 1. The van der Waals surface area contributed by atoms with Gasteiger partial charge in [0.25, 0.3) is 0 Å². The molecule has 6 heteroatoms. The fourth-order valence-electron chi connectivity index (χ4n) is 2.75. The van der Waals surface area contributed by atoms with Crippen LogP contribution in [0.2, 0.25) is 0 Å². The van der Waals surface area contributed by atoms with Crippen LogP contribution in [0.25, 0.3) is 0 Å². The molecule has 0 aromatic carbocycles. The Bertz CT molecular complexity index is 410. The summed E-state index contributed by atoms with van der Waals surface area (Å²) in [4.78, 5) is 23.4. The average Bonchev–Trinajstić information content (AvgIpc) is 2.69. The van der Waals surface area contributed by atoms with Crippen LogP contribution < -0.4 is 0 Å². The zero-order chi connectivity index (χ0) is 15.2. The minimum atomic E-state index is -0.868. The molecule has 2 fully saturated rings. The number of thioether (sulfide) groups is 2. The predicted octanol–water partition coefficient (Wildman–Crippen LogP) is 2.83. The number of carboxylic acid groups (broad SMARTS) is 1. The number of hydrogen-bond donors (Lipinski definition) is 1. The lowest BCUT2D eigenvalue weighted by atomic mass is 9.79. The Morgan fingerprint density at radius 2 is 1.95 bits per heavy atom. The Balaban J connectivity index is 1.82. The minimum absolute atomic E-state index is 0.282. The van der Waals surface area contributed by atoms with Gasteiger partial charge in [-0.25, -0.2) is 0 Å². The van der Waals surface area contributed by atoms with Gasteiger partial charge in [0.05, 0.1) is 11.8 Å². The number of rotatable bonds is 4. The average molecular weight is 330 g/mol. The third kappa shape index (κ3) is 4.95. The van der Waals surface area contributed by atoms with Crippen molar-refractivity contribution in [2.24, 2.45) is 11.8 Å². The fourth-order valence-corrected chi connectivity index (χ4v) is 5.16. The molecule has 0 aromatic heterocycles. The molecule has 2 rings (SSSR count). The lowest BCUT2D eigenvalue weighted by Gasteiger charge is -2.27. The lowest BCUT2D eigenvalue weighted by Crippen LogP contribution is -2.35. The van der Waals surface area contributed by atoms with E-state index in [1.165, 1.54) is 5.57 Å². The highest BCUT2D eigenvalue weighted by Crippen LogP contribution is 2.32. The Labute approximate surface area is 134 Å². The second kappa shape index (κ2) is 8.13. The molecule has 1 saturated carbocycles. The molecule has 4 nitrogen and oxygen atoms in total. The molecule has 1 aliphatic heterocycles. The summed E-state index contributed by atoms with van der Waals surface area (Å²) < 4.78 is 5.43. The van der Waals surface area contributed by atoms with E-state index in [0.717, 1.165) is 30.1 Å². The summed E-state index contributed by atoms with van der Waals surface area (Å²) in [7, 11) is 0. The number of esters is 1. The van der Waals surface area contributed by atoms with Crippen LogP contribution in [0.4, 0.5) is 0 Å². The van der Waals surface area contributed by atoms with E-state index in [0.29, 0.717) is 19.4 Å². The standard InChI is InChI=1S/C15H22O4S2/c1-10-7-20-9-11(21-8-10)6-19-15(18)13-5-3-2-4-12(13)14(16)17/h11-13H,1-9H2,(H,16,17). The van der Waals surface area contributed by atoms with Crippen molar-refractivity contribution in [1.82, 2.24) is 0 Å². The Morgan fingerprint density at radius 3 is 2.67 bits per heavy atom. The van der Waals surface area contributed by atoms with E-state index in [1.807, 2.05) is 11.8 Å². The number of carbonyl (C=O) groups is 2. The summed E-state index contributed by atoms with van der Waals surface area (Å²) >= 11 is 3.59. The van der Waals surface area contributed by atoms with Gasteiger partial charge in [-0.1, -0.05) is 25.0 Å². The molecule has 0 bridgehead atoms. The van der Waals surface area contributed by atoms with Crippen LogP contribution in [-0.2, 0) is 14.3 Å². The normalized spacial score (nSPS) is 30.5. The molecular formula is C15H22O4S2. The molecule has 0 radical (unpaired) electrons. The van der Waals surface area contributed by atoms with Crippen molar-refractivity contribution < 1.29 is 19.4 Å². The van der Waals surface area contributed by atoms with Crippen molar-refractivity contribution in [2.45, 2.75) is 30.9 Å². The Hall–Kier alpha value is -0.620. The van der Waals surface area contributed by atoms with E-state index < -0.39 is 17.8 Å². The monoisotopic (exact) mass is 330 g/mol. The van der Waals surface area contributed by atoms with Gasteiger partial charge < -0.3 is 9.84 Å². The quantitative estimate of drug-likeness (QED) is 0.632. The number of aliphatic carboxylic acids is 1. The second-order valence-electron chi connectivity index (χ2n) is 5.66. The molecule has 1 heterocycles. The van der Waals surface area contributed by atoms with Crippen molar-refractivity contribution in [3.63, 3.8) is 0 Å². The zero-order valence-electron chi connectivity index (χ0n) is 12.1. The molecule has 2 aliphatic rings. The molecule has 0 spiro atoms. The van der Waals surface area contributed by atoms with Crippen LogP contribution in [0.15, 0.2) is 12.2 Å². The summed E-state index contributed by atoms with van der Waals surface area (Å²) in [5.41, 5.74) is 1.22. The summed E-state index contributed by atoms with van der Waals surface area (Å²) in [5.74, 6) is 0.613. The Kier molecular flexibility index (Phi) is 6.48. The third-order valence-electron chi connectivity index (χ3n) is 3.93. The molecule has 3 atom stereocenters. The van der Waals surface area contributed by atoms with Crippen molar-refractivity contribution in [3.05, 3.63) is 12.2 Å². The first-order valence-electron chi connectivity index (χ1n) is 7.33. The van der Waals surface area contributed by atoms with E-state index in [1.54, 1.807) is 11.8 Å². The molecule has 21 heavy (non-hydrogen) atoms. The fraction of sp³-hybridized carbons (Fsp3) is 0.733. The maximum Gasteiger partial charge on any atom is 0.309 e. The van der Waals surface area contributed by atoms with Crippen LogP contribution >= 0.6 is 23.5 Å². The van der Waals surface area contributed by atoms with Crippen molar-refractivity contribution >= 4 is 35.5 Å². The van der Waals surface area contributed by atoms with E-state index in [9.17, 15) is 14.7 Å². The maximum absolute atomic E-state index is 12.2. The van der Waals surface area contributed by atoms with Crippen LogP contribution in [0, 0.1) is 11.8 Å². The number of hydrogen-bond acceptors (Lipinski definition) is 5. The molecule has 118 valence electrons. The summed E-state index contributed by atoms with van der Waals surface area (Å²) in [6.45, 7) is 4.37. The lowest BCUT2D eigenvalue weighted by molar-refractivity contribution is -0.159. The van der Waals surface area contributed by atoms with Gasteiger partial charge in [0.15, 0.2) is 0 Å². The summed E-state index contributed by atoms with van der Waals surface area (Å²) in [5, 5.41) is 9.50. The van der Waals surface area contributed by atoms with Gasteiger partial charge in [-0.05, 0) is 12.8 Å². The van der Waals surface area contributed by atoms with Gasteiger partial charge in [0, 0.05) is 22.5 Å². The molecular weight excluding hydrogens is 308 g/mol. The van der Waals surface area contributed by atoms with Crippen molar-refractivity contribution in [1.29, 1.82) is 0 Å². The summed E-state index contributed by atoms with van der Waals surface area (Å²) in [6.07, 6.45) is 3.03. The number of carboxylic acids is 1. The van der Waals surface area contributed by atoms with Crippen LogP contribution in [0.5, 0.6) is 0 Å². The highest BCUT2D eigenvalue weighted by molar-refractivity contribution is 8.04. The first-order chi connectivity index (χ1) is 10.1. The molecule has 1 aliphatic carbocycles. The highest BCUT2D eigenvalue weighted by atomic mass is 32.2. The summed E-state index contributed by atoms with van der Waals surface area (Å²) in [6, 6.07) is 0. The van der Waals surface area contributed by atoms with E-state index in [4.69, 9.17) is 4.74 Å². The first kappa shape index (κ1) is 16.7. The van der Waals surface area contributed by atoms with Gasteiger partial charge in [-0.3, -0.25) is 9.59 Å². The second-order valence-corrected chi connectivity index (χ2v) is 7.98. The van der Waals surface area contributed by atoms with Crippen molar-refractivity contribution in [3.8, 4) is 0 Å². The van der Waals surface area contributed by atoms with Gasteiger partial charge >= 0.3 is 11.9 Å². The first-order valence-corrected chi connectivity index (χ1v) is 9.53. The maximum atomic E-state index is 12.2. The SMILES string of the molecule is C=C1CSCC(COC(=O)C2CCCCC2C(=O)O)SC1. The Morgan fingerprint density at radius 1 is 1.24 bits per heavy atom.